The molecule has 1 aromatic carbocycles. The van der Waals surface area contributed by atoms with Crippen molar-refractivity contribution in [2.24, 2.45) is 0 Å². The lowest BCUT2D eigenvalue weighted by molar-refractivity contribution is 0.0772. The molecule has 2 fully saturated rings. The van der Waals surface area contributed by atoms with E-state index in [0.29, 0.717) is 20.4 Å². The van der Waals surface area contributed by atoms with Gasteiger partial charge in [-0.2, -0.15) is 0 Å². The quantitative estimate of drug-likeness (QED) is 0.520. The summed E-state index contributed by atoms with van der Waals surface area (Å²) in [6, 6.07) is 4.23. The number of hydrogen-bond acceptors (Lipinski definition) is 5. The Hall–Kier alpha value is -1.70. The molecule has 1 aromatic heterocycles. The van der Waals surface area contributed by atoms with E-state index in [0.717, 1.165) is 72.6 Å². The second-order valence-electron chi connectivity index (χ2n) is 9.22. The molecule has 31 heavy (non-hydrogen) atoms. The van der Waals surface area contributed by atoms with Crippen LogP contribution in [0.2, 0.25) is 0 Å². The van der Waals surface area contributed by atoms with Crippen molar-refractivity contribution in [2.45, 2.75) is 76.3 Å². The zero-order valence-corrected chi connectivity index (χ0v) is 19.8. The van der Waals surface area contributed by atoms with Crippen molar-refractivity contribution in [3.63, 3.8) is 0 Å². The molecular weight excluding hydrogens is 444 g/mol. The van der Waals surface area contributed by atoms with Crippen LogP contribution in [0.5, 0.6) is 0 Å². The lowest BCUT2D eigenvalue weighted by atomic mass is 9.88. The highest BCUT2D eigenvalue weighted by molar-refractivity contribution is 7.81. The van der Waals surface area contributed by atoms with E-state index in [4.69, 9.17) is 24.4 Å². The van der Waals surface area contributed by atoms with E-state index in [1.54, 1.807) is 0 Å². The summed E-state index contributed by atoms with van der Waals surface area (Å²) in [6.07, 6.45) is 11.0. The molecule has 3 heterocycles. The SMILES string of the molecule is O=C1c2ccc3c4c(sc(c24)C(=S)N1C1CCCCC1)C(=O)N(C1CCCCC1)C3=S. The molecule has 2 aromatic rings. The molecule has 2 aliphatic heterocycles. The van der Waals surface area contributed by atoms with Gasteiger partial charge in [-0.05, 0) is 31.7 Å². The van der Waals surface area contributed by atoms with Gasteiger partial charge in [-0.25, -0.2) is 0 Å². The molecule has 2 saturated carbocycles. The number of rotatable bonds is 2. The Morgan fingerprint density at radius 3 is 1.81 bits per heavy atom. The molecule has 0 radical (unpaired) electrons. The summed E-state index contributed by atoms with van der Waals surface area (Å²) in [4.78, 5) is 33.7. The third kappa shape index (κ3) is 2.82. The fraction of sp³-hybridized carbons (Fsp3) is 0.500. The van der Waals surface area contributed by atoms with Gasteiger partial charge in [0.2, 0.25) is 0 Å². The molecule has 160 valence electrons. The Balaban J connectivity index is 1.49. The lowest BCUT2D eigenvalue weighted by Crippen LogP contribution is -2.47. The molecule has 2 aliphatic carbocycles. The molecule has 4 nitrogen and oxygen atoms in total. The van der Waals surface area contributed by atoms with Crippen LogP contribution in [0, 0.1) is 0 Å². The Morgan fingerprint density at radius 2 is 1.19 bits per heavy atom. The standard InChI is InChI=1S/C24H24N2O2S3/c27-21-15-11-12-16-18-17(15)20(24(30)25(21)13-7-3-1-4-8-13)31-19(18)22(28)26(23(16)29)14-9-5-2-6-10-14/h11-14H,1-10H2. The van der Waals surface area contributed by atoms with Crippen LogP contribution in [-0.2, 0) is 0 Å². The first kappa shape index (κ1) is 19.9. The number of thiophene rings is 1. The topological polar surface area (TPSA) is 40.6 Å². The summed E-state index contributed by atoms with van der Waals surface area (Å²) in [5.41, 5.74) is 1.59. The molecule has 2 amide bonds. The van der Waals surface area contributed by atoms with Gasteiger partial charge in [-0.15, -0.1) is 11.3 Å². The average Bonchev–Trinajstić information content (AvgIpc) is 3.20. The maximum absolute atomic E-state index is 13.7. The van der Waals surface area contributed by atoms with Gasteiger partial charge in [0.1, 0.15) is 14.9 Å². The average molecular weight is 469 g/mol. The Kier molecular flexibility index (Phi) is 4.78. The Labute approximate surface area is 196 Å². The van der Waals surface area contributed by atoms with Gasteiger partial charge in [0.15, 0.2) is 0 Å². The molecule has 4 aliphatic rings. The van der Waals surface area contributed by atoms with Crippen molar-refractivity contribution in [3.05, 3.63) is 33.0 Å². The van der Waals surface area contributed by atoms with E-state index < -0.39 is 0 Å². The molecule has 0 saturated heterocycles. The Morgan fingerprint density at radius 1 is 0.677 bits per heavy atom. The van der Waals surface area contributed by atoms with Crippen molar-refractivity contribution >= 4 is 68.3 Å². The first-order valence-corrected chi connectivity index (χ1v) is 13.1. The molecule has 0 bridgehead atoms. The van der Waals surface area contributed by atoms with E-state index in [-0.39, 0.29) is 23.9 Å². The fourth-order valence-corrected chi connectivity index (χ4v) is 8.01. The van der Waals surface area contributed by atoms with E-state index in [2.05, 4.69) is 0 Å². The minimum atomic E-state index is -0.00613. The fourth-order valence-electron chi connectivity index (χ4n) is 5.94. The summed E-state index contributed by atoms with van der Waals surface area (Å²) < 4.78 is 0. The van der Waals surface area contributed by atoms with Gasteiger partial charge < -0.3 is 0 Å². The van der Waals surface area contributed by atoms with Crippen molar-refractivity contribution in [1.29, 1.82) is 0 Å². The van der Waals surface area contributed by atoms with Crippen molar-refractivity contribution in [3.8, 4) is 0 Å². The van der Waals surface area contributed by atoms with E-state index in [1.807, 2.05) is 21.9 Å². The predicted molar refractivity (Wildman–Crippen MR) is 131 cm³/mol. The molecular formula is C24H24N2O2S3. The second-order valence-corrected chi connectivity index (χ2v) is 11.0. The van der Waals surface area contributed by atoms with E-state index in [9.17, 15) is 9.59 Å². The number of thiocarbonyl (C=S) groups is 2. The third-order valence-corrected chi connectivity index (χ3v) is 9.60. The summed E-state index contributed by atoms with van der Waals surface area (Å²) >= 11 is 13.2. The highest BCUT2D eigenvalue weighted by atomic mass is 32.1. The summed E-state index contributed by atoms with van der Waals surface area (Å²) in [5, 5.41) is 1.72. The maximum Gasteiger partial charge on any atom is 0.269 e. The molecule has 0 atom stereocenters. The third-order valence-electron chi connectivity index (χ3n) is 7.47. The maximum atomic E-state index is 13.7. The molecule has 0 N–H and O–H groups in total. The first-order valence-electron chi connectivity index (χ1n) is 11.4. The highest BCUT2D eigenvalue weighted by Gasteiger charge is 2.43. The number of carbonyl (C=O) groups excluding carboxylic acids is 2. The van der Waals surface area contributed by atoms with Crippen LogP contribution in [0.3, 0.4) is 0 Å². The molecule has 7 heteroatoms. The van der Waals surface area contributed by atoms with Gasteiger partial charge in [-0.3, -0.25) is 19.4 Å². The molecule has 0 spiro atoms. The predicted octanol–water partition coefficient (Wildman–Crippen LogP) is 5.83. The van der Waals surface area contributed by atoms with Crippen LogP contribution in [0.25, 0.3) is 10.8 Å². The van der Waals surface area contributed by atoms with Crippen LogP contribution < -0.4 is 0 Å². The number of hydrogen-bond donors (Lipinski definition) is 0. The Bertz CT molecular complexity index is 1070. The van der Waals surface area contributed by atoms with Crippen molar-refractivity contribution in [2.75, 3.05) is 0 Å². The smallest absolute Gasteiger partial charge is 0.269 e. The van der Waals surface area contributed by atoms with Gasteiger partial charge >= 0.3 is 0 Å². The van der Waals surface area contributed by atoms with Crippen LogP contribution in [0.15, 0.2) is 12.1 Å². The van der Waals surface area contributed by atoms with Gasteiger partial charge in [0.25, 0.3) is 11.8 Å². The minimum absolute atomic E-state index is 0.00386. The van der Waals surface area contributed by atoms with Crippen LogP contribution >= 0.6 is 35.8 Å². The molecule has 0 unspecified atom stereocenters. The van der Waals surface area contributed by atoms with Crippen LogP contribution in [0.4, 0.5) is 0 Å². The number of benzene rings is 1. The molecule has 6 rings (SSSR count). The zero-order valence-electron chi connectivity index (χ0n) is 17.3. The second kappa shape index (κ2) is 7.42. The number of carbonyl (C=O) groups is 2. The number of nitrogens with zero attached hydrogens (tertiary/aromatic N) is 2. The van der Waals surface area contributed by atoms with Gasteiger partial charge in [0, 0.05) is 34.0 Å². The van der Waals surface area contributed by atoms with Crippen molar-refractivity contribution in [1.82, 2.24) is 9.80 Å². The van der Waals surface area contributed by atoms with Gasteiger partial charge in [-0.1, -0.05) is 69.0 Å². The minimum Gasteiger partial charge on any atom is -0.295 e. The monoisotopic (exact) mass is 468 g/mol. The van der Waals surface area contributed by atoms with Crippen molar-refractivity contribution < 1.29 is 9.59 Å². The largest absolute Gasteiger partial charge is 0.295 e. The van der Waals surface area contributed by atoms with E-state index in [1.165, 1.54) is 24.2 Å². The summed E-state index contributed by atoms with van der Waals surface area (Å²) in [7, 11) is 0. The van der Waals surface area contributed by atoms with Crippen LogP contribution in [-0.4, -0.2) is 43.7 Å². The summed E-state index contributed by atoms with van der Waals surface area (Å²) in [6.45, 7) is 0. The van der Waals surface area contributed by atoms with Gasteiger partial charge in [0.05, 0.1) is 4.88 Å². The first-order chi connectivity index (χ1) is 15.1. The normalized spacial score (nSPS) is 22.7. The summed E-state index contributed by atoms with van der Waals surface area (Å²) in [5.74, 6) is -0.00228. The van der Waals surface area contributed by atoms with E-state index >= 15 is 0 Å². The zero-order chi connectivity index (χ0) is 21.3. The number of amides is 2. The highest BCUT2D eigenvalue weighted by Crippen LogP contribution is 2.45. The van der Waals surface area contributed by atoms with Crippen LogP contribution in [0.1, 0.15) is 94.7 Å². The lowest BCUT2D eigenvalue weighted by Gasteiger charge is -2.38.